The largest absolute Gasteiger partial charge is 0.496 e. The van der Waals surface area contributed by atoms with Crippen LogP contribution in [0.5, 0.6) is 5.75 Å². The average molecular weight is 250 g/mol. The van der Waals surface area contributed by atoms with Crippen LogP contribution in [0.4, 0.5) is 0 Å². The first-order valence-corrected chi connectivity index (χ1v) is 6.02. The summed E-state index contributed by atoms with van der Waals surface area (Å²) in [4.78, 5) is 11.4. The predicted molar refractivity (Wildman–Crippen MR) is 72.7 cm³/mol. The van der Waals surface area contributed by atoms with E-state index in [9.17, 15) is 4.79 Å². The number of nitrogens with one attached hydrogen (secondary N) is 1. The number of hydrogen-bond acceptors (Lipinski definition) is 3. The predicted octanol–water partition coefficient (Wildman–Crippen LogP) is 1.40. The highest BCUT2D eigenvalue weighted by Gasteiger charge is 2.22. The lowest BCUT2D eigenvalue weighted by atomic mass is 9.93. The first-order valence-electron chi connectivity index (χ1n) is 6.02. The third-order valence-corrected chi connectivity index (χ3v) is 2.73. The Bertz CT molecular complexity index is 428. The molecule has 0 aliphatic carbocycles. The molecule has 4 nitrogen and oxygen atoms in total. The first-order chi connectivity index (χ1) is 8.38. The smallest absolute Gasteiger partial charge is 0.234 e. The zero-order valence-corrected chi connectivity index (χ0v) is 11.5. The average Bonchev–Trinajstić information content (AvgIpc) is 2.28. The summed E-state index contributed by atoms with van der Waals surface area (Å²) in [6.07, 6.45) is 0.698. The molecule has 0 radical (unpaired) electrons. The topological polar surface area (TPSA) is 64.3 Å². The standard InChI is InChI=1S/C14H22N2O2/c1-10-5-6-12(18-4)11(7-10)8-14(2,3)16-13(17)9-15/h5-7H,8-9,15H2,1-4H3,(H,16,17). The van der Waals surface area contributed by atoms with Gasteiger partial charge in [0.2, 0.25) is 5.91 Å². The van der Waals surface area contributed by atoms with E-state index in [4.69, 9.17) is 10.5 Å². The molecular weight excluding hydrogens is 228 g/mol. The summed E-state index contributed by atoms with van der Waals surface area (Å²) in [5.41, 5.74) is 7.22. The van der Waals surface area contributed by atoms with Crippen molar-refractivity contribution in [2.75, 3.05) is 13.7 Å². The summed E-state index contributed by atoms with van der Waals surface area (Å²) in [6.45, 7) is 5.99. The van der Waals surface area contributed by atoms with Gasteiger partial charge in [0.1, 0.15) is 5.75 Å². The molecule has 0 heterocycles. The molecule has 0 aromatic heterocycles. The van der Waals surface area contributed by atoms with Gasteiger partial charge in [0.25, 0.3) is 0 Å². The highest BCUT2D eigenvalue weighted by Crippen LogP contribution is 2.24. The summed E-state index contributed by atoms with van der Waals surface area (Å²) < 4.78 is 5.34. The van der Waals surface area contributed by atoms with E-state index < -0.39 is 0 Å². The third kappa shape index (κ3) is 4.04. The number of carbonyl (C=O) groups excluding carboxylic acids is 1. The van der Waals surface area contributed by atoms with E-state index in [0.717, 1.165) is 11.3 Å². The molecule has 0 aliphatic heterocycles. The van der Waals surface area contributed by atoms with E-state index in [1.54, 1.807) is 7.11 Å². The summed E-state index contributed by atoms with van der Waals surface area (Å²) >= 11 is 0. The number of carbonyl (C=O) groups is 1. The van der Waals surface area contributed by atoms with Crippen LogP contribution < -0.4 is 15.8 Å². The Morgan fingerprint density at radius 1 is 1.44 bits per heavy atom. The second-order valence-corrected chi connectivity index (χ2v) is 5.13. The Kier molecular flexibility index (Phi) is 4.73. The number of benzene rings is 1. The molecule has 3 N–H and O–H groups in total. The number of hydrogen-bond donors (Lipinski definition) is 2. The molecule has 100 valence electrons. The molecule has 18 heavy (non-hydrogen) atoms. The van der Waals surface area contributed by atoms with Crippen LogP contribution in [0, 0.1) is 6.92 Å². The molecule has 0 spiro atoms. The molecule has 0 saturated heterocycles. The van der Waals surface area contributed by atoms with Gasteiger partial charge in [-0.15, -0.1) is 0 Å². The van der Waals surface area contributed by atoms with E-state index in [2.05, 4.69) is 11.4 Å². The van der Waals surface area contributed by atoms with Crippen molar-refractivity contribution in [2.24, 2.45) is 5.73 Å². The van der Waals surface area contributed by atoms with Crippen molar-refractivity contribution in [1.29, 1.82) is 0 Å². The normalized spacial score (nSPS) is 11.2. The molecule has 0 aliphatic rings. The maximum absolute atomic E-state index is 11.4. The Hall–Kier alpha value is -1.55. The minimum Gasteiger partial charge on any atom is -0.496 e. The van der Waals surface area contributed by atoms with Crippen LogP contribution >= 0.6 is 0 Å². The van der Waals surface area contributed by atoms with Gasteiger partial charge in [-0.05, 0) is 38.8 Å². The highest BCUT2D eigenvalue weighted by atomic mass is 16.5. The van der Waals surface area contributed by atoms with Gasteiger partial charge in [0.15, 0.2) is 0 Å². The Morgan fingerprint density at radius 2 is 2.11 bits per heavy atom. The molecule has 1 rings (SSSR count). The molecule has 4 heteroatoms. The van der Waals surface area contributed by atoms with Crippen LogP contribution in [0.15, 0.2) is 18.2 Å². The van der Waals surface area contributed by atoms with Crippen molar-refractivity contribution in [1.82, 2.24) is 5.32 Å². The van der Waals surface area contributed by atoms with Crippen LogP contribution in [0.2, 0.25) is 0 Å². The number of methoxy groups -OCH3 is 1. The van der Waals surface area contributed by atoms with Gasteiger partial charge in [-0.3, -0.25) is 4.79 Å². The van der Waals surface area contributed by atoms with Crippen LogP contribution in [0.25, 0.3) is 0 Å². The lowest BCUT2D eigenvalue weighted by Gasteiger charge is -2.27. The van der Waals surface area contributed by atoms with E-state index in [1.165, 1.54) is 5.56 Å². The molecule has 1 aromatic carbocycles. The number of ether oxygens (including phenoxy) is 1. The maximum atomic E-state index is 11.4. The lowest BCUT2D eigenvalue weighted by Crippen LogP contribution is -2.47. The second kappa shape index (κ2) is 5.87. The van der Waals surface area contributed by atoms with Gasteiger partial charge >= 0.3 is 0 Å². The number of nitrogens with two attached hydrogens (primary N) is 1. The Labute approximate surface area is 109 Å². The van der Waals surface area contributed by atoms with Crippen molar-refractivity contribution >= 4 is 5.91 Å². The van der Waals surface area contributed by atoms with Crippen molar-refractivity contribution in [3.8, 4) is 5.75 Å². The van der Waals surface area contributed by atoms with E-state index in [0.29, 0.717) is 6.42 Å². The summed E-state index contributed by atoms with van der Waals surface area (Å²) in [7, 11) is 1.65. The first kappa shape index (κ1) is 14.5. The van der Waals surface area contributed by atoms with Crippen LogP contribution in [0.3, 0.4) is 0 Å². The summed E-state index contributed by atoms with van der Waals surface area (Å²) in [5, 5.41) is 2.91. The minimum absolute atomic E-state index is 0.00832. The summed E-state index contributed by atoms with van der Waals surface area (Å²) in [6, 6.07) is 6.04. The third-order valence-electron chi connectivity index (χ3n) is 2.73. The minimum atomic E-state index is -0.350. The quantitative estimate of drug-likeness (QED) is 0.830. The van der Waals surface area contributed by atoms with Crippen molar-refractivity contribution in [3.63, 3.8) is 0 Å². The molecule has 0 unspecified atom stereocenters. The number of amides is 1. The Morgan fingerprint density at radius 3 is 2.67 bits per heavy atom. The molecule has 0 bridgehead atoms. The monoisotopic (exact) mass is 250 g/mol. The van der Waals surface area contributed by atoms with E-state index >= 15 is 0 Å². The van der Waals surface area contributed by atoms with Gasteiger partial charge in [0.05, 0.1) is 13.7 Å². The molecular formula is C14H22N2O2. The van der Waals surface area contributed by atoms with E-state index in [1.807, 2.05) is 32.9 Å². The van der Waals surface area contributed by atoms with E-state index in [-0.39, 0.29) is 18.0 Å². The lowest BCUT2D eigenvalue weighted by molar-refractivity contribution is -0.121. The van der Waals surface area contributed by atoms with Gasteiger partial charge in [-0.1, -0.05) is 17.7 Å². The number of aryl methyl sites for hydroxylation is 1. The van der Waals surface area contributed by atoms with Crippen molar-refractivity contribution in [2.45, 2.75) is 32.7 Å². The fourth-order valence-corrected chi connectivity index (χ4v) is 1.99. The fourth-order valence-electron chi connectivity index (χ4n) is 1.99. The fraction of sp³-hybridized carbons (Fsp3) is 0.500. The van der Waals surface area contributed by atoms with Gasteiger partial charge in [-0.2, -0.15) is 0 Å². The number of rotatable bonds is 5. The van der Waals surface area contributed by atoms with Crippen LogP contribution in [-0.2, 0) is 11.2 Å². The van der Waals surface area contributed by atoms with Crippen LogP contribution in [0.1, 0.15) is 25.0 Å². The van der Waals surface area contributed by atoms with Crippen molar-refractivity contribution in [3.05, 3.63) is 29.3 Å². The zero-order valence-electron chi connectivity index (χ0n) is 11.5. The highest BCUT2D eigenvalue weighted by molar-refractivity contribution is 5.78. The zero-order chi connectivity index (χ0) is 13.8. The maximum Gasteiger partial charge on any atom is 0.234 e. The van der Waals surface area contributed by atoms with Crippen LogP contribution in [-0.4, -0.2) is 25.1 Å². The molecule has 1 aromatic rings. The van der Waals surface area contributed by atoms with Gasteiger partial charge < -0.3 is 15.8 Å². The SMILES string of the molecule is COc1ccc(C)cc1CC(C)(C)NC(=O)CN. The molecule has 0 atom stereocenters. The Balaban J connectivity index is 2.88. The molecule has 0 saturated carbocycles. The molecule has 1 amide bonds. The van der Waals surface area contributed by atoms with Gasteiger partial charge in [0, 0.05) is 5.54 Å². The van der Waals surface area contributed by atoms with Crippen molar-refractivity contribution < 1.29 is 9.53 Å². The second-order valence-electron chi connectivity index (χ2n) is 5.13. The molecule has 0 fully saturated rings. The van der Waals surface area contributed by atoms with Gasteiger partial charge in [-0.25, -0.2) is 0 Å². The summed E-state index contributed by atoms with van der Waals surface area (Å²) in [5.74, 6) is 0.697.